The molecule has 0 bridgehead atoms. The summed E-state index contributed by atoms with van der Waals surface area (Å²) in [5.41, 5.74) is 1.80. The van der Waals surface area contributed by atoms with Gasteiger partial charge in [-0.3, -0.25) is 0 Å². The van der Waals surface area contributed by atoms with E-state index in [0.29, 0.717) is 19.2 Å². The van der Waals surface area contributed by atoms with Crippen molar-refractivity contribution < 1.29 is 13.2 Å². The zero-order valence-electron chi connectivity index (χ0n) is 14.4. The summed E-state index contributed by atoms with van der Waals surface area (Å²) in [6.07, 6.45) is 2.36. The molecule has 0 spiro atoms. The monoisotopic (exact) mass is 360 g/mol. The Balaban J connectivity index is 1.75. The lowest BCUT2D eigenvalue weighted by Crippen LogP contribution is -2.24. The normalized spacial score (nSPS) is 14.4. The van der Waals surface area contributed by atoms with Crippen molar-refractivity contribution in [2.24, 2.45) is 0 Å². The molecule has 1 aliphatic rings. The number of benzene rings is 2. The van der Waals surface area contributed by atoms with Crippen molar-refractivity contribution in [3.8, 4) is 5.75 Å². The molecule has 0 atom stereocenters. The van der Waals surface area contributed by atoms with Crippen LogP contribution in [0.1, 0.15) is 30.9 Å². The van der Waals surface area contributed by atoms with Gasteiger partial charge in [0.05, 0.1) is 11.5 Å². The maximum Gasteiger partial charge on any atom is 0.240 e. The van der Waals surface area contributed by atoms with E-state index in [1.165, 1.54) is 12.8 Å². The van der Waals surface area contributed by atoms with E-state index in [1.807, 2.05) is 37.3 Å². The van der Waals surface area contributed by atoms with Gasteiger partial charge in [0.1, 0.15) is 5.75 Å². The topological polar surface area (TPSA) is 67.4 Å². The first-order valence-electron chi connectivity index (χ1n) is 8.61. The Labute approximate surface area is 149 Å². The van der Waals surface area contributed by atoms with Gasteiger partial charge in [-0.05, 0) is 43.5 Å². The van der Waals surface area contributed by atoms with E-state index < -0.39 is 10.0 Å². The van der Waals surface area contributed by atoms with E-state index in [4.69, 9.17) is 4.74 Å². The number of nitrogens with one attached hydrogen (secondary N) is 2. The number of sulfonamides is 1. The summed E-state index contributed by atoms with van der Waals surface area (Å²) in [6, 6.07) is 15.1. The summed E-state index contributed by atoms with van der Waals surface area (Å²) in [6.45, 7) is 3.35. The van der Waals surface area contributed by atoms with E-state index >= 15 is 0 Å². The van der Waals surface area contributed by atoms with Crippen molar-refractivity contribution in [1.29, 1.82) is 0 Å². The molecule has 1 aliphatic carbocycles. The Morgan fingerprint density at radius 2 is 1.84 bits per heavy atom. The van der Waals surface area contributed by atoms with Crippen molar-refractivity contribution in [1.82, 2.24) is 10.0 Å². The van der Waals surface area contributed by atoms with Gasteiger partial charge in [0.15, 0.2) is 0 Å². The molecule has 6 heteroatoms. The van der Waals surface area contributed by atoms with Crippen LogP contribution in [0.15, 0.2) is 53.4 Å². The van der Waals surface area contributed by atoms with Gasteiger partial charge < -0.3 is 10.1 Å². The van der Waals surface area contributed by atoms with Crippen LogP contribution in [0, 0.1) is 0 Å². The lowest BCUT2D eigenvalue weighted by atomic mass is 10.2. The van der Waals surface area contributed by atoms with Crippen LogP contribution in [-0.4, -0.2) is 21.1 Å². The Bertz CT molecular complexity index is 803. The first-order valence-corrected chi connectivity index (χ1v) is 10.1. The molecule has 1 fully saturated rings. The molecule has 1 saturated carbocycles. The smallest absolute Gasteiger partial charge is 0.240 e. The zero-order chi connectivity index (χ0) is 17.7. The van der Waals surface area contributed by atoms with Crippen LogP contribution >= 0.6 is 0 Å². The number of hydrogen-bond acceptors (Lipinski definition) is 4. The summed E-state index contributed by atoms with van der Waals surface area (Å²) in [4.78, 5) is 0.263. The zero-order valence-corrected chi connectivity index (χ0v) is 15.2. The van der Waals surface area contributed by atoms with Crippen LogP contribution in [-0.2, 0) is 23.1 Å². The number of ether oxygens (including phenoxy) is 1. The second kappa shape index (κ2) is 7.99. The third kappa shape index (κ3) is 5.04. The van der Waals surface area contributed by atoms with Crippen LogP contribution in [0.4, 0.5) is 0 Å². The van der Waals surface area contributed by atoms with Crippen molar-refractivity contribution in [2.75, 3.05) is 6.61 Å². The molecule has 25 heavy (non-hydrogen) atoms. The molecular weight excluding hydrogens is 336 g/mol. The van der Waals surface area contributed by atoms with Gasteiger partial charge in [-0.15, -0.1) is 0 Å². The summed E-state index contributed by atoms with van der Waals surface area (Å²) in [5.74, 6) is 0.734. The molecule has 5 nitrogen and oxygen atoms in total. The van der Waals surface area contributed by atoms with Gasteiger partial charge in [-0.25, -0.2) is 13.1 Å². The van der Waals surface area contributed by atoms with Crippen LogP contribution < -0.4 is 14.8 Å². The molecule has 0 aliphatic heterocycles. The predicted octanol–water partition coefficient (Wildman–Crippen LogP) is 2.82. The Morgan fingerprint density at radius 3 is 2.52 bits per heavy atom. The second-order valence-electron chi connectivity index (χ2n) is 6.17. The maximum absolute atomic E-state index is 12.6. The number of rotatable bonds is 9. The van der Waals surface area contributed by atoms with Gasteiger partial charge in [-0.1, -0.05) is 30.3 Å². The first-order chi connectivity index (χ1) is 12.1. The fourth-order valence-electron chi connectivity index (χ4n) is 2.56. The van der Waals surface area contributed by atoms with Gasteiger partial charge in [0.2, 0.25) is 10.0 Å². The standard InChI is InChI=1S/C19H24N2O3S/c1-2-24-19-11-10-18(12-16(19)14-20-17-8-9-17)25(22,23)21-13-15-6-4-3-5-7-15/h3-7,10-12,17,20-21H,2,8-9,13-14H2,1H3. The molecule has 2 N–H and O–H groups in total. The molecule has 2 aromatic carbocycles. The molecule has 2 aromatic rings. The minimum absolute atomic E-state index is 0.263. The average molecular weight is 360 g/mol. The van der Waals surface area contributed by atoms with Gasteiger partial charge in [0, 0.05) is 24.7 Å². The highest BCUT2D eigenvalue weighted by Gasteiger charge is 2.22. The fraction of sp³-hybridized carbons (Fsp3) is 0.368. The predicted molar refractivity (Wildman–Crippen MR) is 97.9 cm³/mol. The largest absolute Gasteiger partial charge is 0.494 e. The summed E-state index contributed by atoms with van der Waals surface area (Å²) in [7, 11) is -3.57. The molecule has 3 rings (SSSR count). The van der Waals surface area contributed by atoms with Crippen molar-refractivity contribution in [3.63, 3.8) is 0 Å². The van der Waals surface area contributed by atoms with Crippen molar-refractivity contribution in [2.45, 2.75) is 43.8 Å². The van der Waals surface area contributed by atoms with E-state index in [-0.39, 0.29) is 11.4 Å². The quantitative estimate of drug-likeness (QED) is 0.722. The lowest BCUT2D eigenvalue weighted by Gasteiger charge is -2.14. The SMILES string of the molecule is CCOc1ccc(S(=O)(=O)NCc2ccccc2)cc1CNC1CC1. The Hall–Kier alpha value is -1.89. The van der Waals surface area contributed by atoms with Gasteiger partial charge >= 0.3 is 0 Å². The van der Waals surface area contributed by atoms with E-state index in [1.54, 1.807) is 18.2 Å². The van der Waals surface area contributed by atoms with Crippen LogP contribution in [0.5, 0.6) is 5.75 Å². The Kier molecular flexibility index (Phi) is 5.73. The molecule has 0 amide bonds. The molecular formula is C19H24N2O3S. The molecule has 0 saturated heterocycles. The van der Waals surface area contributed by atoms with Crippen molar-refractivity contribution in [3.05, 3.63) is 59.7 Å². The van der Waals surface area contributed by atoms with Crippen LogP contribution in [0.3, 0.4) is 0 Å². The summed E-state index contributed by atoms with van der Waals surface area (Å²) < 4.78 is 33.5. The first kappa shape index (κ1) is 17.9. The molecule has 134 valence electrons. The maximum atomic E-state index is 12.6. The number of hydrogen-bond donors (Lipinski definition) is 2. The van der Waals surface area contributed by atoms with E-state index in [9.17, 15) is 8.42 Å². The second-order valence-corrected chi connectivity index (χ2v) is 7.93. The summed E-state index contributed by atoms with van der Waals surface area (Å²) in [5, 5.41) is 3.41. The Morgan fingerprint density at radius 1 is 1.08 bits per heavy atom. The molecule has 0 radical (unpaired) electrons. The molecule has 0 aromatic heterocycles. The molecule has 0 heterocycles. The summed E-state index contributed by atoms with van der Waals surface area (Å²) >= 11 is 0. The minimum atomic E-state index is -3.57. The highest BCUT2D eigenvalue weighted by atomic mass is 32.2. The fourth-order valence-corrected chi connectivity index (χ4v) is 3.62. The van der Waals surface area contributed by atoms with E-state index in [0.717, 1.165) is 16.9 Å². The van der Waals surface area contributed by atoms with Gasteiger partial charge in [-0.2, -0.15) is 0 Å². The average Bonchev–Trinajstić information content (AvgIpc) is 3.45. The van der Waals surface area contributed by atoms with Crippen LogP contribution in [0.2, 0.25) is 0 Å². The van der Waals surface area contributed by atoms with E-state index in [2.05, 4.69) is 10.0 Å². The van der Waals surface area contributed by atoms with Gasteiger partial charge in [0.25, 0.3) is 0 Å². The van der Waals surface area contributed by atoms with Crippen LogP contribution in [0.25, 0.3) is 0 Å². The highest BCUT2D eigenvalue weighted by molar-refractivity contribution is 7.89. The lowest BCUT2D eigenvalue weighted by molar-refractivity contribution is 0.335. The molecule has 0 unspecified atom stereocenters. The van der Waals surface area contributed by atoms with Crippen molar-refractivity contribution >= 4 is 10.0 Å². The highest BCUT2D eigenvalue weighted by Crippen LogP contribution is 2.25. The third-order valence-electron chi connectivity index (χ3n) is 4.11. The third-order valence-corrected chi connectivity index (χ3v) is 5.51. The minimum Gasteiger partial charge on any atom is -0.494 e.